The summed E-state index contributed by atoms with van der Waals surface area (Å²) in [5.41, 5.74) is 1.73. The van der Waals surface area contributed by atoms with Gasteiger partial charge in [-0.25, -0.2) is 0 Å². The number of hydrogen-bond acceptors (Lipinski definition) is 2. The number of rotatable bonds is 3. The summed E-state index contributed by atoms with van der Waals surface area (Å²) in [6, 6.07) is 17.3. The van der Waals surface area contributed by atoms with Gasteiger partial charge in [0.15, 0.2) is 0 Å². The van der Waals surface area contributed by atoms with Crippen LogP contribution in [0.3, 0.4) is 0 Å². The molecule has 1 saturated heterocycles. The molecule has 2 aromatic carbocycles. The van der Waals surface area contributed by atoms with E-state index in [0.717, 1.165) is 11.1 Å². The number of hydrogen-bond donors (Lipinski definition) is 2. The van der Waals surface area contributed by atoms with Gasteiger partial charge in [-0.15, -0.1) is 0 Å². The molecule has 1 fully saturated rings. The zero-order chi connectivity index (χ0) is 15.6. The minimum atomic E-state index is -0.750. The first-order chi connectivity index (χ1) is 10.6. The third kappa shape index (κ3) is 2.26. The van der Waals surface area contributed by atoms with Crippen LogP contribution in [-0.2, 0) is 15.0 Å². The van der Waals surface area contributed by atoms with Crippen LogP contribution >= 0.6 is 0 Å². The Morgan fingerprint density at radius 2 is 1.77 bits per heavy atom. The van der Waals surface area contributed by atoms with E-state index in [2.05, 4.69) is 10.6 Å². The number of nitrogens with one attached hydrogen (secondary N) is 2. The van der Waals surface area contributed by atoms with Crippen molar-refractivity contribution >= 4 is 17.5 Å². The lowest BCUT2D eigenvalue weighted by Gasteiger charge is -2.29. The maximum absolute atomic E-state index is 12.7. The molecule has 0 saturated carbocycles. The maximum atomic E-state index is 12.7. The number of para-hydroxylation sites is 1. The van der Waals surface area contributed by atoms with E-state index < -0.39 is 5.41 Å². The Morgan fingerprint density at radius 1 is 1.09 bits per heavy atom. The topological polar surface area (TPSA) is 58.2 Å². The highest BCUT2D eigenvalue weighted by atomic mass is 16.2. The molecule has 0 radical (unpaired) electrons. The third-order valence-corrected chi connectivity index (χ3v) is 4.14. The summed E-state index contributed by atoms with van der Waals surface area (Å²) in [6.45, 7) is 2.10. The number of amides is 2. The Morgan fingerprint density at radius 3 is 2.41 bits per heavy atom. The number of benzene rings is 2. The quantitative estimate of drug-likeness (QED) is 0.913. The second kappa shape index (κ2) is 5.64. The van der Waals surface area contributed by atoms with E-state index in [1.807, 2.05) is 54.6 Å². The Hall–Kier alpha value is -2.62. The monoisotopic (exact) mass is 294 g/mol. The Bertz CT molecular complexity index is 712. The van der Waals surface area contributed by atoms with Gasteiger partial charge in [0.05, 0.1) is 0 Å². The molecule has 1 aliphatic rings. The van der Waals surface area contributed by atoms with Crippen LogP contribution in [0.4, 0.5) is 5.69 Å². The van der Waals surface area contributed by atoms with Crippen LogP contribution in [0.25, 0.3) is 0 Å². The van der Waals surface area contributed by atoms with Gasteiger partial charge in [0, 0.05) is 19.2 Å². The molecule has 2 amide bonds. The van der Waals surface area contributed by atoms with E-state index in [0.29, 0.717) is 18.7 Å². The summed E-state index contributed by atoms with van der Waals surface area (Å²) in [5, 5.41) is 5.78. The largest absolute Gasteiger partial charge is 0.355 e. The second-order valence-corrected chi connectivity index (χ2v) is 5.50. The summed E-state index contributed by atoms with van der Waals surface area (Å²) in [4.78, 5) is 24.2. The lowest BCUT2D eigenvalue weighted by Crippen LogP contribution is -2.37. The molecule has 2 N–H and O–H groups in total. The Kier molecular flexibility index (Phi) is 3.67. The van der Waals surface area contributed by atoms with E-state index >= 15 is 0 Å². The first-order valence-electron chi connectivity index (χ1n) is 7.35. The zero-order valence-electron chi connectivity index (χ0n) is 12.4. The summed E-state index contributed by atoms with van der Waals surface area (Å²) in [7, 11) is 0. The Balaban J connectivity index is 2.21. The molecule has 1 heterocycles. The van der Waals surface area contributed by atoms with Gasteiger partial charge in [-0.1, -0.05) is 48.5 Å². The molecular formula is C18H18N2O2. The standard InChI is InChI=1S/C18H18N2O2/c1-13(21)20-16-10-6-5-9-15(16)18(11-12-19-17(18)22)14-7-3-2-4-8-14/h2-10H,11-12H2,1H3,(H,19,22)(H,20,21)/t18-/m0/s1. The van der Waals surface area contributed by atoms with Gasteiger partial charge in [0.25, 0.3) is 0 Å². The van der Waals surface area contributed by atoms with Crippen LogP contribution in [0.1, 0.15) is 24.5 Å². The van der Waals surface area contributed by atoms with Crippen molar-refractivity contribution in [2.75, 3.05) is 11.9 Å². The van der Waals surface area contributed by atoms with Crippen LogP contribution in [-0.4, -0.2) is 18.4 Å². The molecule has 0 aromatic heterocycles. The van der Waals surface area contributed by atoms with Crippen molar-refractivity contribution in [2.24, 2.45) is 0 Å². The summed E-state index contributed by atoms with van der Waals surface area (Å²) < 4.78 is 0. The van der Waals surface area contributed by atoms with Crippen LogP contribution in [0.15, 0.2) is 54.6 Å². The minimum Gasteiger partial charge on any atom is -0.355 e. The molecule has 4 heteroatoms. The van der Waals surface area contributed by atoms with Crippen LogP contribution < -0.4 is 10.6 Å². The predicted octanol–water partition coefficient (Wildman–Crippen LogP) is 2.45. The average Bonchev–Trinajstić information content (AvgIpc) is 2.91. The number of carbonyl (C=O) groups is 2. The smallest absolute Gasteiger partial charge is 0.235 e. The highest BCUT2D eigenvalue weighted by Gasteiger charge is 2.46. The summed E-state index contributed by atoms with van der Waals surface area (Å²) >= 11 is 0. The van der Waals surface area contributed by atoms with Crippen LogP contribution in [0.2, 0.25) is 0 Å². The molecular weight excluding hydrogens is 276 g/mol. The van der Waals surface area contributed by atoms with Gasteiger partial charge in [0.2, 0.25) is 11.8 Å². The lowest BCUT2D eigenvalue weighted by molar-refractivity contribution is -0.122. The molecule has 3 rings (SSSR count). The normalized spacial score (nSPS) is 20.5. The highest BCUT2D eigenvalue weighted by Crippen LogP contribution is 2.42. The lowest BCUT2D eigenvalue weighted by atomic mass is 9.72. The molecule has 1 atom stereocenters. The van der Waals surface area contributed by atoms with Crippen molar-refractivity contribution in [3.8, 4) is 0 Å². The first-order valence-corrected chi connectivity index (χ1v) is 7.35. The van der Waals surface area contributed by atoms with Gasteiger partial charge in [-0.3, -0.25) is 9.59 Å². The molecule has 4 nitrogen and oxygen atoms in total. The number of carbonyl (C=O) groups excluding carboxylic acids is 2. The molecule has 0 spiro atoms. The fraction of sp³-hybridized carbons (Fsp3) is 0.222. The molecule has 22 heavy (non-hydrogen) atoms. The van der Waals surface area contributed by atoms with Crippen molar-refractivity contribution in [3.05, 3.63) is 65.7 Å². The molecule has 1 aliphatic heterocycles. The fourth-order valence-electron chi connectivity index (χ4n) is 3.19. The van der Waals surface area contributed by atoms with Crippen molar-refractivity contribution in [1.29, 1.82) is 0 Å². The SMILES string of the molecule is CC(=O)Nc1ccccc1[C@@]1(c2ccccc2)CCNC1=O. The molecule has 0 unspecified atom stereocenters. The van der Waals surface area contributed by atoms with Crippen LogP contribution in [0.5, 0.6) is 0 Å². The summed E-state index contributed by atoms with van der Waals surface area (Å²) in [5.74, 6) is -0.162. The van der Waals surface area contributed by atoms with Gasteiger partial charge in [-0.2, -0.15) is 0 Å². The van der Waals surface area contributed by atoms with Gasteiger partial charge in [0.1, 0.15) is 5.41 Å². The maximum Gasteiger partial charge on any atom is 0.235 e. The van der Waals surface area contributed by atoms with E-state index in [9.17, 15) is 9.59 Å². The van der Waals surface area contributed by atoms with Crippen molar-refractivity contribution in [2.45, 2.75) is 18.8 Å². The van der Waals surface area contributed by atoms with Gasteiger partial charge < -0.3 is 10.6 Å². The fourth-order valence-corrected chi connectivity index (χ4v) is 3.19. The van der Waals surface area contributed by atoms with Crippen molar-refractivity contribution < 1.29 is 9.59 Å². The Labute approximate surface area is 129 Å². The molecule has 0 aliphatic carbocycles. The summed E-state index contributed by atoms with van der Waals surface area (Å²) in [6.07, 6.45) is 0.673. The first kappa shape index (κ1) is 14.3. The third-order valence-electron chi connectivity index (χ3n) is 4.14. The van der Waals surface area contributed by atoms with E-state index in [1.54, 1.807) is 0 Å². The van der Waals surface area contributed by atoms with Gasteiger partial charge in [-0.05, 0) is 23.6 Å². The molecule has 112 valence electrons. The van der Waals surface area contributed by atoms with E-state index in [-0.39, 0.29) is 11.8 Å². The van der Waals surface area contributed by atoms with Crippen molar-refractivity contribution in [3.63, 3.8) is 0 Å². The van der Waals surface area contributed by atoms with E-state index in [4.69, 9.17) is 0 Å². The average molecular weight is 294 g/mol. The highest BCUT2D eigenvalue weighted by molar-refractivity contribution is 5.98. The molecule has 0 bridgehead atoms. The van der Waals surface area contributed by atoms with Crippen LogP contribution in [0, 0.1) is 0 Å². The van der Waals surface area contributed by atoms with E-state index in [1.165, 1.54) is 6.92 Å². The van der Waals surface area contributed by atoms with Gasteiger partial charge >= 0.3 is 0 Å². The number of anilines is 1. The minimum absolute atomic E-state index is 0.0171. The molecule has 2 aromatic rings. The predicted molar refractivity (Wildman–Crippen MR) is 85.6 cm³/mol. The zero-order valence-corrected chi connectivity index (χ0v) is 12.4. The second-order valence-electron chi connectivity index (χ2n) is 5.50. The van der Waals surface area contributed by atoms with Crippen molar-refractivity contribution in [1.82, 2.24) is 5.32 Å².